The molecule has 0 aliphatic heterocycles. The predicted molar refractivity (Wildman–Crippen MR) is 161 cm³/mol. The summed E-state index contributed by atoms with van der Waals surface area (Å²) < 4.78 is 9.55. The molecule has 3 aromatic carbocycles. The van der Waals surface area contributed by atoms with E-state index in [9.17, 15) is 0 Å². The number of hydrogen-bond donors (Lipinski definition) is 2. The minimum absolute atomic E-state index is 0. The largest absolute Gasteiger partial charge is 0.748 e. The van der Waals surface area contributed by atoms with Crippen molar-refractivity contribution in [1.82, 2.24) is 0 Å². The third-order valence-electron chi connectivity index (χ3n) is 4.99. The Labute approximate surface area is 264 Å². The summed E-state index contributed by atoms with van der Waals surface area (Å²) >= 11 is 0. The molecule has 3 rings (SSSR count). The first-order chi connectivity index (χ1) is 17.3. The molecule has 2 unspecified atom stereocenters. The van der Waals surface area contributed by atoms with Crippen LogP contribution < -0.4 is 5.30 Å². The molecule has 0 bridgehead atoms. The zero-order valence-electron chi connectivity index (χ0n) is 25.2. The first-order valence-corrected chi connectivity index (χ1v) is 14.6. The van der Waals surface area contributed by atoms with Crippen molar-refractivity contribution in [3.8, 4) is 0 Å². The average molecular weight is 693 g/mol. The summed E-state index contributed by atoms with van der Waals surface area (Å²) in [7, 11) is -0.510. The van der Waals surface area contributed by atoms with Gasteiger partial charge < -0.3 is 50.0 Å². The Balaban J connectivity index is -0.000000462. The van der Waals surface area contributed by atoms with E-state index in [2.05, 4.69) is 71.9 Å². The van der Waals surface area contributed by atoms with Gasteiger partial charge in [0.2, 0.25) is 0 Å². The second-order valence-electron chi connectivity index (χ2n) is 10.6. The van der Waals surface area contributed by atoms with Gasteiger partial charge in [0, 0.05) is 57.1 Å². The first-order valence-electron chi connectivity index (χ1n) is 13.1. The van der Waals surface area contributed by atoms with Crippen LogP contribution in [0.4, 0.5) is 0 Å². The van der Waals surface area contributed by atoms with Gasteiger partial charge in [0.25, 0.3) is 0 Å². The standard InChI is InChI=1S/C13H23P.C7H16O4.C7H7.C5H5.Fe.Pd/c1-12(2,3)14(13(4,5)6)11-9-7-8-10-11;1-3-10-6(8)5-7(9)11-4-2;1-7-5-3-2-4-6-7;1-2-4-5-3-1;;/h7-10,14H,1-6H3;6-9H,3-5H2,1-2H3;2-5H,1H3;1-5H;;/q;;-1;-5;;. The number of aryl methyl sites for hydroxylation is 1. The van der Waals surface area contributed by atoms with Gasteiger partial charge in [-0.15, -0.1) is 12.1 Å². The third kappa shape index (κ3) is 22.7. The summed E-state index contributed by atoms with van der Waals surface area (Å²) in [5, 5.41) is 20.4. The van der Waals surface area contributed by atoms with Crippen LogP contribution in [-0.2, 0) is 47.0 Å². The molecule has 0 saturated carbocycles. The van der Waals surface area contributed by atoms with Crippen molar-refractivity contribution in [2.75, 3.05) is 13.2 Å². The molecule has 2 atom stereocenters. The monoisotopic (exact) mass is 692 g/mol. The minimum atomic E-state index is -0.929. The van der Waals surface area contributed by atoms with Crippen molar-refractivity contribution in [1.29, 1.82) is 0 Å². The van der Waals surface area contributed by atoms with Crippen LogP contribution in [-0.4, -0.2) is 46.3 Å². The molecular weight excluding hydrogens is 642 g/mol. The molecule has 0 aliphatic rings. The van der Waals surface area contributed by atoms with E-state index in [1.165, 1.54) is 5.56 Å². The first kappa shape index (κ1) is 42.8. The SMILES string of the molecule is CC(C)(C)[PH+]([c-]1cccc1)C(C)(C)C.CCOC(O)CC(O)OCC.Cc1[c-]cccc1.[Fe].[Pd].[cH-]1[cH-][cH-][cH-][cH-]1. The van der Waals surface area contributed by atoms with Crippen LogP contribution in [0.1, 0.15) is 67.4 Å². The molecule has 0 heterocycles. The Morgan fingerprint density at radius 2 is 1.23 bits per heavy atom. The van der Waals surface area contributed by atoms with Gasteiger partial charge in [0.15, 0.2) is 12.6 Å². The van der Waals surface area contributed by atoms with E-state index < -0.39 is 20.5 Å². The summed E-state index contributed by atoms with van der Waals surface area (Å²) in [6.45, 7) is 20.7. The number of hydrogen-bond acceptors (Lipinski definition) is 4. The van der Waals surface area contributed by atoms with E-state index >= 15 is 0 Å². The molecule has 0 fully saturated rings. The minimum Gasteiger partial charge on any atom is -0.748 e. The summed E-state index contributed by atoms with van der Waals surface area (Å²) in [4.78, 5) is 0. The molecule has 232 valence electrons. The van der Waals surface area contributed by atoms with Gasteiger partial charge in [0.05, 0.1) is 10.3 Å². The van der Waals surface area contributed by atoms with Gasteiger partial charge in [-0.1, -0.05) is 6.92 Å². The number of aliphatic hydroxyl groups is 2. The summed E-state index contributed by atoms with van der Waals surface area (Å²) in [6, 6.07) is 29.9. The van der Waals surface area contributed by atoms with Gasteiger partial charge in [-0.2, -0.15) is 35.9 Å². The molecule has 0 radical (unpaired) electrons. The summed E-state index contributed by atoms with van der Waals surface area (Å²) in [5.74, 6) is 0. The van der Waals surface area contributed by atoms with Gasteiger partial charge in [-0.05, 0) is 68.6 Å². The van der Waals surface area contributed by atoms with Gasteiger partial charge in [0.1, 0.15) is 0 Å². The van der Waals surface area contributed by atoms with E-state index in [0.29, 0.717) is 23.5 Å². The molecule has 0 saturated heterocycles. The smallest absolute Gasteiger partial charge is 0.159 e. The van der Waals surface area contributed by atoms with Gasteiger partial charge in [-0.3, -0.25) is 0 Å². The van der Waals surface area contributed by atoms with E-state index in [4.69, 9.17) is 19.7 Å². The summed E-state index contributed by atoms with van der Waals surface area (Å²) in [6.07, 6.45) is -1.76. The van der Waals surface area contributed by atoms with E-state index in [1.807, 2.05) is 61.5 Å². The van der Waals surface area contributed by atoms with Crippen molar-refractivity contribution >= 4 is 13.2 Å². The normalized spacial score (nSPS) is 12.1. The van der Waals surface area contributed by atoms with Crippen LogP contribution in [0.3, 0.4) is 0 Å². The topological polar surface area (TPSA) is 58.9 Å². The predicted octanol–water partition coefficient (Wildman–Crippen LogP) is 7.12. The molecule has 4 nitrogen and oxygen atoms in total. The zero-order chi connectivity index (χ0) is 28.3. The Kier molecular flexibility index (Phi) is 26.4. The molecule has 0 aromatic heterocycles. The second-order valence-corrected chi connectivity index (χ2v) is 14.9. The fourth-order valence-corrected chi connectivity index (χ4v) is 8.54. The number of rotatable bonds is 7. The van der Waals surface area contributed by atoms with Gasteiger partial charge >= 0.3 is 0 Å². The molecule has 0 spiro atoms. The van der Waals surface area contributed by atoms with Crippen molar-refractivity contribution in [3.05, 3.63) is 90.5 Å². The molecular formula is C32H51FeO4PPd-6. The molecule has 0 amide bonds. The fourth-order valence-electron chi connectivity index (χ4n) is 4.03. The van der Waals surface area contributed by atoms with E-state index in [0.717, 1.165) is 0 Å². The van der Waals surface area contributed by atoms with Crippen molar-refractivity contribution < 1.29 is 57.2 Å². The Morgan fingerprint density at radius 3 is 1.49 bits per heavy atom. The van der Waals surface area contributed by atoms with Crippen molar-refractivity contribution in [2.24, 2.45) is 0 Å². The average Bonchev–Trinajstić information content (AvgIpc) is 3.51. The molecule has 2 N–H and O–H groups in total. The maximum atomic E-state index is 8.98. The van der Waals surface area contributed by atoms with Crippen LogP contribution in [0, 0.1) is 13.0 Å². The second kappa shape index (κ2) is 24.0. The third-order valence-corrected chi connectivity index (χ3v) is 8.90. The zero-order valence-corrected chi connectivity index (χ0v) is 28.8. The van der Waals surface area contributed by atoms with Crippen LogP contribution in [0.25, 0.3) is 0 Å². The Hall–Kier alpha value is -0.628. The molecule has 0 aliphatic carbocycles. The van der Waals surface area contributed by atoms with E-state index in [-0.39, 0.29) is 43.9 Å². The fraction of sp³-hybridized carbons (Fsp3) is 0.500. The number of benzene rings is 1. The van der Waals surface area contributed by atoms with Crippen molar-refractivity contribution in [3.63, 3.8) is 0 Å². The maximum Gasteiger partial charge on any atom is 0.159 e. The quantitative estimate of drug-likeness (QED) is 0.120. The number of aliphatic hydroxyl groups excluding tert-OH is 2. The van der Waals surface area contributed by atoms with Gasteiger partial charge in [-0.25, -0.2) is 12.1 Å². The number of ether oxygens (including phenoxy) is 2. The maximum absolute atomic E-state index is 8.98. The van der Waals surface area contributed by atoms with Crippen LogP contribution in [0.5, 0.6) is 0 Å². The summed E-state index contributed by atoms with van der Waals surface area (Å²) in [5.41, 5.74) is 1.20. The molecule has 39 heavy (non-hydrogen) atoms. The molecule has 3 aromatic rings. The van der Waals surface area contributed by atoms with Crippen LogP contribution in [0.15, 0.2) is 78.9 Å². The van der Waals surface area contributed by atoms with Crippen LogP contribution in [0.2, 0.25) is 0 Å². The van der Waals surface area contributed by atoms with E-state index in [1.54, 1.807) is 19.2 Å². The van der Waals surface area contributed by atoms with Crippen LogP contribution >= 0.6 is 7.92 Å². The Morgan fingerprint density at radius 1 is 0.821 bits per heavy atom. The Bertz CT molecular complexity index is 819. The molecule has 7 heteroatoms. The van der Waals surface area contributed by atoms with Crippen molar-refractivity contribution in [2.45, 2.75) is 91.6 Å².